The Balaban J connectivity index is 1.88. The Morgan fingerprint density at radius 2 is 2.07 bits per heavy atom. The zero-order valence-corrected chi connectivity index (χ0v) is 8.87. The second-order valence-electron chi connectivity index (χ2n) is 4.89. The first-order valence-electron chi connectivity index (χ1n) is 5.81. The van der Waals surface area contributed by atoms with Crippen molar-refractivity contribution in [1.82, 2.24) is 5.32 Å². The average Bonchev–Trinajstić information content (AvgIpc) is 2.12. The summed E-state index contributed by atoms with van der Waals surface area (Å²) in [7, 11) is 0. The van der Waals surface area contributed by atoms with Crippen LogP contribution in [0.3, 0.4) is 0 Å². The Morgan fingerprint density at radius 1 is 1.27 bits per heavy atom. The van der Waals surface area contributed by atoms with E-state index in [4.69, 9.17) is 0 Å². The van der Waals surface area contributed by atoms with Crippen molar-refractivity contribution in [1.29, 1.82) is 0 Å². The van der Waals surface area contributed by atoms with Crippen molar-refractivity contribution in [2.75, 3.05) is 13.1 Å². The first kappa shape index (κ1) is 9.37. The Morgan fingerprint density at radius 3 is 2.60 bits per heavy atom. The number of rotatable bonds is 2. The van der Waals surface area contributed by atoms with E-state index in [0.29, 0.717) is 13.1 Å². The van der Waals surface area contributed by atoms with Crippen LogP contribution < -0.4 is 5.32 Å². The predicted molar refractivity (Wildman–Crippen MR) is 59.8 cm³/mol. The highest BCUT2D eigenvalue weighted by Crippen LogP contribution is 2.37. The number of nitrogens with one attached hydrogen (secondary N) is 1. The van der Waals surface area contributed by atoms with Crippen molar-refractivity contribution < 1.29 is 5.11 Å². The highest BCUT2D eigenvalue weighted by Gasteiger charge is 2.36. The van der Waals surface area contributed by atoms with E-state index >= 15 is 0 Å². The molecule has 0 spiro atoms. The predicted octanol–water partition coefficient (Wildman–Crippen LogP) is 1.74. The van der Waals surface area contributed by atoms with Crippen LogP contribution in [0.5, 0.6) is 0 Å². The summed E-state index contributed by atoms with van der Waals surface area (Å²) in [6.45, 7) is 1.39. The van der Waals surface area contributed by atoms with Gasteiger partial charge in [0.2, 0.25) is 0 Å². The van der Waals surface area contributed by atoms with Gasteiger partial charge < -0.3 is 10.4 Å². The zero-order valence-electron chi connectivity index (χ0n) is 8.87. The zero-order chi connectivity index (χ0) is 10.3. The summed E-state index contributed by atoms with van der Waals surface area (Å²) in [6.07, 6.45) is 4.00. The summed E-state index contributed by atoms with van der Waals surface area (Å²) in [5.41, 5.74) is 1.91. The van der Waals surface area contributed by atoms with Gasteiger partial charge >= 0.3 is 0 Å². The van der Waals surface area contributed by atoms with Gasteiger partial charge in [-0.3, -0.25) is 0 Å². The molecule has 0 atom stereocenters. The Kier molecular flexibility index (Phi) is 2.08. The van der Waals surface area contributed by atoms with E-state index in [2.05, 4.69) is 23.5 Å². The second kappa shape index (κ2) is 3.32. The van der Waals surface area contributed by atoms with Gasteiger partial charge in [-0.1, -0.05) is 30.7 Å². The largest absolute Gasteiger partial charge is 0.382 e. The number of hydrogen-bond donors (Lipinski definition) is 2. The van der Waals surface area contributed by atoms with Gasteiger partial charge in [-0.15, -0.1) is 0 Å². The van der Waals surface area contributed by atoms with Crippen LogP contribution in [0.1, 0.15) is 36.3 Å². The third-order valence-electron chi connectivity index (χ3n) is 3.84. The number of aliphatic hydroxyl groups is 1. The van der Waals surface area contributed by atoms with E-state index in [1.807, 2.05) is 6.07 Å². The van der Waals surface area contributed by atoms with Crippen LogP contribution in [-0.2, 0) is 5.60 Å². The molecule has 0 radical (unpaired) electrons. The summed E-state index contributed by atoms with van der Waals surface area (Å²) in [4.78, 5) is 0. The highest BCUT2D eigenvalue weighted by atomic mass is 16.3. The molecule has 15 heavy (non-hydrogen) atoms. The lowest BCUT2D eigenvalue weighted by Crippen LogP contribution is -2.56. The van der Waals surface area contributed by atoms with Gasteiger partial charge in [0.25, 0.3) is 0 Å². The fraction of sp³-hybridized carbons (Fsp3) is 0.538. The molecule has 0 aromatic heterocycles. The van der Waals surface area contributed by atoms with Crippen LogP contribution in [-0.4, -0.2) is 18.2 Å². The maximum atomic E-state index is 10.2. The maximum Gasteiger partial charge on any atom is 0.114 e. The smallest absolute Gasteiger partial charge is 0.114 e. The van der Waals surface area contributed by atoms with E-state index in [9.17, 15) is 5.11 Å². The van der Waals surface area contributed by atoms with Gasteiger partial charge in [0.15, 0.2) is 0 Å². The summed E-state index contributed by atoms with van der Waals surface area (Å²) < 4.78 is 0. The molecule has 1 aromatic rings. The molecule has 1 aliphatic carbocycles. The molecule has 1 saturated carbocycles. The first-order chi connectivity index (χ1) is 7.28. The normalized spacial score (nSPS) is 24.3. The molecule has 1 aliphatic heterocycles. The van der Waals surface area contributed by atoms with Crippen molar-refractivity contribution >= 4 is 0 Å². The van der Waals surface area contributed by atoms with Gasteiger partial charge in [-0.2, -0.15) is 0 Å². The van der Waals surface area contributed by atoms with E-state index in [1.54, 1.807) is 0 Å². The molecule has 2 heteroatoms. The summed E-state index contributed by atoms with van der Waals surface area (Å²) in [5, 5.41) is 13.3. The fourth-order valence-electron chi connectivity index (χ4n) is 2.39. The minimum atomic E-state index is -0.597. The van der Waals surface area contributed by atoms with Crippen LogP contribution in [0.4, 0.5) is 0 Å². The quantitative estimate of drug-likeness (QED) is 0.767. The fourth-order valence-corrected chi connectivity index (χ4v) is 2.39. The summed E-state index contributed by atoms with van der Waals surface area (Å²) >= 11 is 0. The van der Waals surface area contributed by atoms with Gasteiger partial charge in [0.05, 0.1) is 0 Å². The lowest BCUT2D eigenvalue weighted by molar-refractivity contribution is -0.0147. The molecule has 3 rings (SSSR count). The van der Waals surface area contributed by atoms with E-state index < -0.39 is 5.60 Å². The lowest BCUT2D eigenvalue weighted by atomic mass is 9.78. The topological polar surface area (TPSA) is 32.3 Å². The lowest BCUT2D eigenvalue weighted by Gasteiger charge is -2.38. The Hall–Kier alpha value is -0.860. The van der Waals surface area contributed by atoms with Crippen molar-refractivity contribution in [3.8, 4) is 0 Å². The van der Waals surface area contributed by atoms with Gasteiger partial charge in [0.1, 0.15) is 5.60 Å². The molecule has 1 saturated heterocycles. The molecule has 80 valence electrons. The van der Waals surface area contributed by atoms with E-state index in [1.165, 1.54) is 24.8 Å². The third-order valence-corrected chi connectivity index (χ3v) is 3.84. The SMILES string of the molecule is OC1(c2cccc(C3CCC3)c2)CNC1. The molecular weight excluding hydrogens is 186 g/mol. The molecule has 1 aromatic carbocycles. The monoisotopic (exact) mass is 203 g/mol. The van der Waals surface area contributed by atoms with Crippen molar-refractivity contribution in [3.05, 3.63) is 35.4 Å². The molecule has 2 aliphatic rings. The number of hydrogen-bond acceptors (Lipinski definition) is 2. The minimum Gasteiger partial charge on any atom is -0.382 e. The van der Waals surface area contributed by atoms with Crippen LogP contribution in [0, 0.1) is 0 Å². The number of β-amino-alcohol motifs (C(OH)–C–C–N with tert-alkyl or cyclic N) is 1. The van der Waals surface area contributed by atoms with Crippen molar-refractivity contribution in [3.63, 3.8) is 0 Å². The average molecular weight is 203 g/mol. The highest BCUT2D eigenvalue weighted by molar-refractivity contribution is 5.33. The first-order valence-corrected chi connectivity index (χ1v) is 5.81. The van der Waals surface area contributed by atoms with E-state index in [-0.39, 0.29) is 0 Å². The summed E-state index contributed by atoms with van der Waals surface area (Å²) in [5.74, 6) is 0.751. The van der Waals surface area contributed by atoms with Crippen molar-refractivity contribution in [2.45, 2.75) is 30.8 Å². The molecule has 0 unspecified atom stereocenters. The number of benzene rings is 1. The van der Waals surface area contributed by atoms with Crippen LogP contribution in [0.2, 0.25) is 0 Å². The molecule has 1 heterocycles. The molecular formula is C13H17NO. The summed E-state index contributed by atoms with van der Waals surface area (Å²) in [6, 6.07) is 8.52. The maximum absolute atomic E-state index is 10.2. The van der Waals surface area contributed by atoms with E-state index in [0.717, 1.165) is 11.5 Å². The molecule has 0 bridgehead atoms. The molecule has 0 amide bonds. The minimum absolute atomic E-state index is 0.597. The van der Waals surface area contributed by atoms with Gasteiger partial charge in [-0.05, 0) is 29.9 Å². The van der Waals surface area contributed by atoms with Crippen LogP contribution in [0.15, 0.2) is 24.3 Å². The van der Waals surface area contributed by atoms with Gasteiger partial charge in [0, 0.05) is 13.1 Å². The third kappa shape index (κ3) is 1.48. The van der Waals surface area contributed by atoms with Crippen LogP contribution >= 0.6 is 0 Å². The second-order valence-corrected chi connectivity index (χ2v) is 4.89. The van der Waals surface area contributed by atoms with Crippen LogP contribution in [0.25, 0.3) is 0 Å². The molecule has 2 fully saturated rings. The molecule has 2 nitrogen and oxygen atoms in total. The standard InChI is InChI=1S/C13H17NO/c15-13(8-14-9-13)12-6-2-5-11(7-12)10-3-1-4-10/h2,5-7,10,14-15H,1,3-4,8-9H2. The van der Waals surface area contributed by atoms with Gasteiger partial charge in [-0.25, -0.2) is 0 Å². The van der Waals surface area contributed by atoms with Crippen molar-refractivity contribution in [2.24, 2.45) is 0 Å². The Bertz CT molecular complexity index is 367. The molecule has 2 N–H and O–H groups in total. The Labute approximate surface area is 90.3 Å².